The molecule has 1 aliphatic heterocycles. The zero-order chi connectivity index (χ0) is 14.5. The number of rotatable bonds is 5. The lowest BCUT2D eigenvalue weighted by molar-refractivity contribution is -0.0431. The maximum atomic E-state index is 5.80. The summed E-state index contributed by atoms with van der Waals surface area (Å²) in [6.45, 7) is 4.48. The first-order valence-electron chi connectivity index (χ1n) is 7.52. The minimum Gasteiger partial charge on any atom is -0.385 e. The van der Waals surface area contributed by atoms with Gasteiger partial charge in [-0.1, -0.05) is 18.2 Å². The quantitative estimate of drug-likeness (QED) is 0.846. The third kappa shape index (κ3) is 3.59. The molecule has 2 heterocycles. The van der Waals surface area contributed by atoms with Crippen molar-refractivity contribution in [2.75, 3.05) is 33.4 Å². The van der Waals surface area contributed by atoms with E-state index < -0.39 is 0 Å². The Morgan fingerprint density at radius 3 is 3.14 bits per heavy atom. The molecular formula is C17H22N2O2. The number of aromatic nitrogens is 1. The van der Waals surface area contributed by atoms with Gasteiger partial charge in [0.2, 0.25) is 0 Å². The molecule has 112 valence electrons. The molecule has 3 rings (SSSR count). The van der Waals surface area contributed by atoms with E-state index >= 15 is 0 Å². The van der Waals surface area contributed by atoms with E-state index in [0.717, 1.165) is 44.8 Å². The van der Waals surface area contributed by atoms with Crippen LogP contribution in [0.25, 0.3) is 10.9 Å². The number of benzene rings is 1. The molecule has 0 N–H and O–H groups in total. The minimum absolute atomic E-state index is 0.284. The molecular weight excluding hydrogens is 264 g/mol. The van der Waals surface area contributed by atoms with Gasteiger partial charge in [-0.15, -0.1) is 0 Å². The van der Waals surface area contributed by atoms with E-state index in [2.05, 4.69) is 34.1 Å². The van der Waals surface area contributed by atoms with Gasteiger partial charge in [0, 0.05) is 44.9 Å². The predicted octanol–water partition coefficient (Wildman–Crippen LogP) is 2.47. The second kappa shape index (κ2) is 6.98. The van der Waals surface area contributed by atoms with Gasteiger partial charge in [-0.25, -0.2) is 0 Å². The first-order valence-corrected chi connectivity index (χ1v) is 7.52. The lowest BCUT2D eigenvalue weighted by atomic mass is 10.1. The summed E-state index contributed by atoms with van der Waals surface area (Å²) in [6.07, 6.45) is 3.15. The third-order valence-electron chi connectivity index (χ3n) is 4.00. The fourth-order valence-electron chi connectivity index (χ4n) is 2.88. The van der Waals surface area contributed by atoms with E-state index in [9.17, 15) is 0 Å². The van der Waals surface area contributed by atoms with Crippen LogP contribution < -0.4 is 0 Å². The van der Waals surface area contributed by atoms with Gasteiger partial charge in [-0.05, 0) is 24.1 Å². The number of para-hydroxylation sites is 1. The summed E-state index contributed by atoms with van der Waals surface area (Å²) in [7, 11) is 1.74. The van der Waals surface area contributed by atoms with Crippen molar-refractivity contribution in [2.45, 2.75) is 19.1 Å². The van der Waals surface area contributed by atoms with Crippen LogP contribution in [-0.2, 0) is 16.0 Å². The molecule has 0 saturated carbocycles. The fourth-order valence-corrected chi connectivity index (χ4v) is 2.88. The maximum Gasteiger partial charge on any atom is 0.0724 e. The van der Waals surface area contributed by atoms with Crippen LogP contribution in [0, 0.1) is 0 Å². The summed E-state index contributed by atoms with van der Waals surface area (Å²) in [5.74, 6) is 0. The topological polar surface area (TPSA) is 34.6 Å². The van der Waals surface area contributed by atoms with Gasteiger partial charge in [0.1, 0.15) is 0 Å². The zero-order valence-corrected chi connectivity index (χ0v) is 12.5. The van der Waals surface area contributed by atoms with E-state index in [-0.39, 0.29) is 6.10 Å². The number of nitrogens with zero attached hydrogens (tertiary/aromatic N) is 2. The number of hydrogen-bond acceptors (Lipinski definition) is 4. The van der Waals surface area contributed by atoms with Crippen molar-refractivity contribution in [3.63, 3.8) is 0 Å². The van der Waals surface area contributed by atoms with Crippen molar-refractivity contribution < 1.29 is 9.47 Å². The Balaban J connectivity index is 1.70. The van der Waals surface area contributed by atoms with Gasteiger partial charge in [-0.3, -0.25) is 9.88 Å². The zero-order valence-electron chi connectivity index (χ0n) is 12.5. The van der Waals surface area contributed by atoms with Crippen molar-refractivity contribution >= 4 is 10.9 Å². The predicted molar refractivity (Wildman–Crippen MR) is 83.3 cm³/mol. The van der Waals surface area contributed by atoms with Crippen molar-refractivity contribution in [1.82, 2.24) is 9.88 Å². The number of methoxy groups -OCH3 is 1. The normalized spacial score (nSPS) is 20.0. The molecule has 1 aliphatic rings. The summed E-state index contributed by atoms with van der Waals surface area (Å²) < 4.78 is 11.0. The van der Waals surface area contributed by atoms with Gasteiger partial charge >= 0.3 is 0 Å². The van der Waals surface area contributed by atoms with Gasteiger partial charge in [0.25, 0.3) is 0 Å². The first-order chi connectivity index (χ1) is 10.4. The average molecular weight is 286 g/mol. The lowest BCUT2D eigenvalue weighted by Crippen LogP contribution is -2.42. The molecule has 1 atom stereocenters. The summed E-state index contributed by atoms with van der Waals surface area (Å²) in [4.78, 5) is 6.89. The second-order valence-electron chi connectivity index (χ2n) is 5.50. The number of morpholine rings is 1. The highest BCUT2D eigenvalue weighted by atomic mass is 16.5. The molecule has 0 aliphatic carbocycles. The van der Waals surface area contributed by atoms with E-state index in [1.165, 1.54) is 10.9 Å². The van der Waals surface area contributed by atoms with Crippen LogP contribution >= 0.6 is 0 Å². The molecule has 1 saturated heterocycles. The largest absolute Gasteiger partial charge is 0.385 e. The van der Waals surface area contributed by atoms with Crippen LogP contribution in [0.4, 0.5) is 0 Å². The summed E-state index contributed by atoms with van der Waals surface area (Å²) in [5.41, 5.74) is 2.41. The maximum absolute atomic E-state index is 5.80. The molecule has 4 nitrogen and oxygen atoms in total. The van der Waals surface area contributed by atoms with Crippen LogP contribution in [0.2, 0.25) is 0 Å². The van der Waals surface area contributed by atoms with Gasteiger partial charge in [-0.2, -0.15) is 0 Å². The Hall–Kier alpha value is -1.49. The molecule has 1 aromatic carbocycles. The van der Waals surface area contributed by atoms with Gasteiger partial charge in [0.05, 0.1) is 18.2 Å². The highest BCUT2D eigenvalue weighted by Crippen LogP contribution is 2.19. The third-order valence-corrected chi connectivity index (χ3v) is 4.00. The smallest absolute Gasteiger partial charge is 0.0724 e. The molecule has 2 aromatic rings. The van der Waals surface area contributed by atoms with Crippen LogP contribution in [0.1, 0.15) is 12.0 Å². The molecule has 21 heavy (non-hydrogen) atoms. The molecule has 4 heteroatoms. The molecule has 0 bridgehead atoms. The fraction of sp³-hybridized carbons (Fsp3) is 0.471. The van der Waals surface area contributed by atoms with E-state index in [1.807, 2.05) is 12.3 Å². The molecule has 0 unspecified atom stereocenters. The number of hydrogen-bond donors (Lipinski definition) is 0. The average Bonchev–Trinajstić information content (AvgIpc) is 2.54. The second-order valence-corrected chi connectivity index (χ2v) is 5.50. The summed E-state index contributed by atoms with van der Waals surface area (Å²) in [5, 5.41) is 1.25. The Labute approximate surface area is 125 Å². The highest BCUT2D eigenvalue weighted by Gasteiger charge is 2.20. The van der Waals surface area contributed by atoms with Crippen molar-refractivity contribution in [3.05, 3.63) is 42.1 Å². The first kappa shape index (κ1) is 14.4. The van der Waals surface area contributed by atoms with E-state index in [4.69, 9.17) is 9.47 Å². The van der Waals surface area contributed by atoms with E-state index in [0.29, 0.717) is 0 Å². The van der Waals surface area contributed by atoms with Crippen LogP contribution in [-0.4, -0.2) is 49.4 Å². The monoisotopic (exact) mass is 286 g/mol. The standard InChI is InChI=1S/C17H22N2O2/c1-20-10-7-15-13-19(9-11-21-15)12-14-6-8-18-17-5-3-2-4-16(14)17/h2-6,8,15H,7,9-13H2,1H3/t15-/m0/s1. The molecule has 0 amide bonds. The van der Waals surface area contributed by atoms with Crippen LogP contribution in [0.15, 0.2) is 36.5 Å². The Bertz CT molecular complexity index is 583. The summed E-state index contributed by atoms with van der Waals surface area (Å²) >= 11 is 0. The van der Waals surface area contributed by atoms with Crippen molar-refractivity contribution in [3.8, 4) is 0 Å². The van der Waals surface area contributed by atoms with Crippen LogP contribution in [0.5, 0.6) is 0 Å². The van der Waals surface area contributed by atoms with Crippen LogP contribution in [0.3, 0.4) is 0 Å². The van der Waals surface area contributed by atoms with Crippen molar-refractivity contribution in [2.24, 2.45) is 0 Å². The molecule has 0 spiro atoms. The van der Waals surface area contributed by atoms with Gasteiger partial charge in [0.15, 0.2) is 0 Å². The number of ether oxygens (including phenoxy) is 2. The number of fused-ring (bicyclic) bond motifs is 1. The minimum atomic E-state index is 0.284. The lowest BCUT2D eigenvalue weighted by Gasteiger charge is -2.33. The van der Waals surface area contributed by atoms with E-state index in [1.54, 1.807) is 7.11 Å². The molecule has 1 fully saturated rings. The Kier molecular flexibility index (Phi) is 4.80. The number of pyridine rings is 1. The Morgan fingerprint density at radius 1 is 1.33 bits per heavy atom. The summed E-state index contributed by atoms with van der Waals surface area (Å²) in [6, 6.07) is 10.5. The molecule has 1 aromatic heterocycles. The SMILES string of the molecule is COCC[C@H]1CN(Cc2ccnc3ccccc23)CCO1. The Morgan fingerprint density at radius 2 is 2.24 bits per heavy atom. The highest BCUT2D eigenvalue weighted by molar-refractivity contribution is 5.81. The van der Waals surface area contributed by atoms with Gasteiger partial charge < -0.3 is 9.47 Å². The molecule has 0 radical (unpaired) electrons. The van der Waals surface area contributed by atoms with Crippen molar-refractivity contribution in [1.29, 1.82) is 0 Å².